The minimum absolute atomic E-state index is 0.0309. The lowest BCUT2D eigenvalue weighted by molar-refractivity contribution is 0.129. The first-order valence-electron chi connectivity index (χ1n) is 3.95. The maximum atomic E-state index is 12.1. The van der Waals surface area contributed by atoms with Crippen LogP contribution in [0.15, 0.2) is 11.9 Å². The summed E-state index contributed by atoms with van der Waals surface area (Å²) in [5.41, 5.74) is 0. The molecule has 0 aromatic rings. The summed E-state index contributed by atoms with van der Waals surface area (Å²) in [4.78, 5) is 0. The van der Waals surface area contributed by atoms with Gasteiger partial charge in [0, 0.05) is 13.0 Å². The second kappa shape index (κ2) is 7.16. The van der Waals surface area contributed by atoms with Crippen molar-refractivity contribution < 1.29 is 17.9 Å². The molecule has 0 aliphatic heterocycles. The van der Waals surface area contributed by atoms with Crippen LogP contribution in [0.1, 0.15) is 26.2 Å². The fraction of sp³-hybridized carbons (Fsp3) is 0.750. The lowest BCUT2D eigenvalue weighted by Crippen LogP contribution is -1.96. The number of hydrogen-bond acceptors (Lipinski definition) is 1. The van der Waals surface area contributed by atoms with Crippen molar-refractivity contribution in [3.63, 3.8) is 0 Å². The van der Waals surface area contributed by atoms with Crippen LogP contribution in [0.2, 0.25) is 0 Å². The molecule has 0 bridgehead atoms. The first kappa shape index (κ1) is 11.5. The van der Waals surface area contributed by atoms with E-state index in [4.69, 9.17) is 4.74 Å². The SMILES string of the molecule is CCCCOCCC(F)=C(F)F. The fourth-order valence-corrected chi connectivity index (χ4v) is 0.605. The molecule has 0 N–H and O–H groups in total. The first-order valence-corrected chi connectivity index (χ1v) is 3.95. The molecule has 0 saturated heterocycles. The van der Waals surface area contributed by atoms with E-state index in [0.717, 1.165) is 12.8 Å². The molecule has 0 unspecified atom stereocenters. The van der Waals surface area contributed by atoms with E-state index in [1.807, 2.05) is 6.92 Å². The van der Waals surface area contributed by atoms with Gasteiger partial charge in [0.2, 0.25) is 0 Å². The van der Waals surface area contributed by atoms with Crippen LogP contribution >= 0.6 is 0 Å². The third-order valence-corrected chi connectivity index (χ3v) is 1.31. The first-order chi connectivity index (χ1) is 5.68. The highest BCUT2D eigenvalue weighted by Gasteiger charge is 2.03. The van der Waals surface area contributed by atoms with Crippen molar-refractivity contribution in [3.8, 4) is 0 Å². The van der Waals surface area contributed by atoms with Gasteiger partial charge in [-0.1, -0.05) is 13.3 Å². The summed E-state index contributed by atoms with van der Waals surface area (Å²) in [5, 5.41) is 0. The van der Waals surface area contributed by atoms with E-state index >= 15 is 0 Å². The predicted octanol–water partition coefficient (Wildman–Crippen LogP) is 3.27. The van der Waals surface area contributed by atoms with Gasteiger partial charge in [-0.2, -0.15) is 8.78 Å². The molecule has 4 heteroatoms. The van der Waals surface area contributed by atoms with Crippen LogP contribution in [0.25, 0.3) is 0 Å². The highest BCUT2D eigenvalue weighted by atomic mass is 19.3. The third kappa shape index (κ3) is 6.22. The Morgan fingerprint density at radius 2 is 1.83 bits per heavy atom. The van der Waals surface area contributed by atoms with Crippen LogP contribution in [-0.2, 0) is 4.74 Å². The Labute approximate surface area is 70.2 Å². The average Bonchev–Trinajstić information content (AvgIpc) is 2.03. The molecule has 0 heterocycles. The van der Waals surface area contributed by atoms with Crippen molar-refractivity contribution >= 4 is 0 Å². The Hall–Kier alpha value is -0.510. The number of ether oxygens (including phenoxy) is 1. The number of rotatable bonds is 6. The van der Waals surface area contributed by atoms with Crippen molar-refractivity contribution in [2.75, 3.05) is 13.2 Å². The van der Waals surface area contributed by atoms with Crippen LogP contribution in [0.3, 0.4) is 0 Å². The Balaban J connectivity index is 3.26. The monoisotopic (exact) mass is 182 g/mol. The van der Waals surface area contributed by atoms with E-state index in [9.17, 15) is 13.2 Å². The highest BCUT2D eigenvalue weighted by Crippen LogP contribution is 2.12. The van der Waals surface area contributed by atoms with Crippen molar-refractivity contribution in [3.05, 3.63) is 11.9 Å². The Morgan fingerprint density at radius 1 is 1.17 bits per heavy atom. The van der Waals surface area contributed by atoms with E-state index in [-0.39, 0.29) is 13.0 Å². The van der Waals surface area contributed by atoms with E-state index in [2.05, 4.69) is 0 Å². The predicted molar refractivity (Wildman–Crippen MR) is 40.7 cm³/mol. The summed E-state index contributed by atoms with van der Waals surface area (Å²) in [7, 11) is 0. The normalized spacial score (nSPS) is 10.0. The molecule has 12 heavy (non-hydrogen) atoms. The quantitative estimate of drug-likeness (QED) is 0.573. The maximum absolute atomic E-state index is 12.1. The summed E-state index contributed by atoms with van der Waals surface area (Å²) < 4.78 is 39.9. The van der Waals surface area contributed by atoms with Crippen molar-refractivity contribution in [2.24, 2.45) is 0 Å². The molecule has 0 aromatic heterocycles. The van der Waals surface area contributed by atoms with Crippen LogP contribution in [-0.4, -0.2) is 13.2 Å². The zero-order chi connectivity index (χ0) is 9.40. The van der Waals surface area contributed by atoms with E-state index in [1.165, 1.54) is 0 Å². The molecule has 1 nitrogen and oxygen atoms in total. The zero-order valence-electron chi connectivity index (χ0n) is 7.08. The third-order valence-electron chi connectivity index (χ3n) is 1.31. The number of hydrogen-bond donors (Lipinski definition) is 0. The minimum atomic E-state index is -2.24. The summed E-state index contributed by atoms with van der Waals surface area (Å²) in [6.45, 7) is 2.53. The van der Waals surface area contributed by atoms with Crippen LogP contribution in [0, 0.1) is 0 Å². The fourth-order valence-electron chi connectivity index (χ4n) is 0.605. The number of halogens is 3. The van der Waals surface area contributed by atoms with Crippen molar-refractivity contribution in [1.82, 2.24) is 0 Å². The molecular formula is C8H13F3O. The summed E-state index contributed by atoms with van der Waals surface area (Å²) >= 11 is 0. The van der Waals surface area contributed by atoms with E-state index in [0.29, 0.717) is 6.61 Å². The second-order valence-corrected chi connectivity index (χ2v) is 2.38. The van der Waals surface area contributed by atoms with Crippen molar-refractivity contribution in [1.29, 1.82) is 0 Å². The minimum Gasteiger partial charge on any atom is -0.381 e. The molecule has 72 valence electrons. The molecule has 0 fully saturated rings. The standard InChI is InChI=1S/C8H13F3O/c1-2-3-5-12-6-4-7(9)8(10)11/h2-6H2,1H3. The van der Waals surface area contributed by atoms with Gasteiger partial charge in [-0.15, -0.1) is 0 Å². The second-order valence-electron chi connectivity index (χ2n) is 2.38. The lowest BCUT2D eigenvalue weighted by Gasteiger charge is -2.00. The van der Waals surface area contributed by atoms with Gasteiger partial charge in [0.15, 0.2) is 5.83 Å². The Kier molecular flexibility index (Phi) is 6.85. The average molecular weight is 182 g/mol. The zero-order valence-corrected chi connectivity index (χ0v) is 7.08. The van der Waals surface area contributed by atoms with Gasteiger partial charge < -0.3 is 4.74 Å². The largest absolute Gasteiger partial charge is 0.381 e. The lowest BCUT2D eigenvalue weighted by atomic mass is 10.3. The van der Waals surface area contributed by atoms with Crippen LogP contribution in [0.5, 0.6) is 0 Å². The van der Waals surface area contributed by atoms with Gasteiger partial charge >= 0.3 is 6.08 Å². The molecule has 0 aliphatic rings. The van der Waals surface area contributed by atoms with Crippen LogP contribution in [0.4, 0.5) is 13.2 Å². The molecule has 0 radical (unpaired) electrons. The molecular weight excluding hydrogens is 169 g/mol. The topological polar surface area (TPSA) is 9.23 Å². The summed E-state index contributed by atoms with van der Waals surface area (Å²) in [6, 6.07) is 0. The van der Waals surface area contributed by atoms with Crippen molar-refractivity contribution in [2.45, 2.75) is 26.2 Å². The van der Waals surface area contributed by atoms with E-state index < -0.39 is 11.9 Å². The Bertz CT molecular complexity index is 141. The van der Waals surface area contributed by atoms with E-state index in [1.54, 1.807) is 0 Å². The molecule has 0 aromatic carbocycles. The molecule has 0 spiro atoms. The van der Waals surface area contributed by atoms with Gasteiger partial charge in [-0.25, -0.2) is 4.39 Å². The highest BCUT2D eigenvalue weighted by molar-refractivity contribution is 4.90. The molecule has 0 rings (SSSR count). The van der Waals surface area contributed by atoms with Gasteiger partial charge in [0.05, 0.1) is 6.61 Å². The smallest absolute Gasteiger partial charge is 0.301 e. The van der Waals surface area contributed by atoms with Gasteiger partial charge in [-0.3, -0.25) is 0 Å². The van der Waals surface area contributed by atoms with Gasteiger partial charge in [-0.05, 0) is 6.42 Å². The Morgan fingerprint density at radius 3 is 2.33 bits per heavy atom. The van der Waals surface area contributed by atoms with Gasteiger partial charge in [0.1, 0.15) is 0 Å². The maximum Gasteiger partial charge on any atom is 0.301 e. The molecule has 0 amide bonds. The molecule has 0 saturated carbocycles. The summed E-state index contributed by atoms with van der Waals surface area (Å²) in [5.74, 6) is -1.37. The molecule has 0 atom stereocenters. The van der Waals surface area contributed by atoms with Crippen LogP contribution < -0.4 is 0 Å². The summed E-state index contributed by atoms with van der Waals surface area (Å²) in [6.07, 6.45) is -0.709. The molecule has 0 aliphatic carbocycles. The van der Waals surface area contributed by atoms with Gasteiger partial charge in [0.25, 0.3) is 0 Å². The number of unbranched alkanes of at least 4 members (excludes halogenated alkanes) is 1.